The van der Waals surface area contributed by atoms with Crippen LogP contribution >= 0.6 is 0 Å². The second kappa shape index (κ2) is 19.9. The van der Waals surface area contributed by atoms with Crippen LogP contribution in [0.5, 0.6) is 0 Å². The van der Waals surface area contributed by atoms with Gasteiger partial charge >= 0.3 is 23.9 Å². The van der Waals surface area contributed by atoms with Gasteiger partial charge in [-0.3, -0.25) is 19.2 Å². The average molecular weight is 541 g/mol. The molecule has 38 heavy (non-hydrogen) atoms. The van der Waals surface area contributed by atoms with Crippen LogP contribution in [0.4, 0.5) is 0 Å². The first-order chi connectivity index (χ1) is 18.0. The van der Waals surface area contributed by atoms with Crippen molar-refractivity contribution >= 4 is 35.7 Å². The van der Waals surface area contributed by atoms with Crippen LogP contribution in [-0.2, 0) is 38.2 Å². The molecule has 0 saturated carbocycles. The molecule has 6 N–H and O–H groups in total. The Morgan fingerprint density at radius 3 is 1.26 bits per heavy atom. The summed E-state index contributed by atoms with van der Waals surface area (Å²) in [5.41, 5.74) is 10.6. The third kappa shape index (κ3) is 15.9. The molecule has 0 heterocycles. The highest BCUT2D eigenvalue weighted by molar-refractivity contribution is 5.99. The van der Waals surface area contributed by atoms with Crippen molar-refractivity contribution in [3.63, 3.8) is 0 Å². The highest BCUT2D eigenvalue weighted by Gasteiger charge is 2.21. The van der Waals surface area contributed by atoms with Crippen LogP contribution in [0.1, 0.15) is 79.1 Å². The molecule has 12 nitrogen and oxygen atoms in total. The SMILES string of the molecule is CCC[C@@H](CN[C@@H](CC)C(N)=O)CC(=O)OC(=O)/C=C\C(=O)OC(=O)C[C@@H](CCC)CN[C@@H](CC)C(N)=O. The first kappa shape index (κ1) is 34.9. The zero-order valence-electron chi connectivity index (χ0n) is 23.0. The molecule has 0 aromatic carbocycles. The molecule has 0 unspecified atom stereocenters. The third-order valence-electron chi connectivity index (χ3n) is 5.90. The number of primary amides is 2. The van der Waals surface area contributed by atoms with Crippen LogP contribution in [0.15, 0.2) is 12.2 Å². The van der Waals surface area contributed by atoms with E-state index in [0.29, 0.717) is 50.9 Å². The molecule has 0 aliphatic carbocycles. The lowest BCUT2D eigenvalue weighted by Gasteiger charge is -2.19. The minimum Gasteiger partial charge on any atom is -0.390 e. The fourth-order valence-corrected chi connectivity index (χ4v) is 3.86. The molecular weight excluding hydrogens is 496 g/mol. The maximum Gasteiger partial charge on any atom is 0.338 e. The van der Waals surface area contributed by atoms with Gasteiger partial charge in [0.2, 0.25) is 11.8 Å². The maximum absolute atomic E-state index is 12.2. The van der Waals surface area contributed by atoms with Gasteiger partial charge in [-0.25, -0.2) is 9.59 Å². The molecule has 0 aromatic heterocycles. The number of rotatable bonds is 20. The Morgan fingerprint density at radius 2 is 1.00 bits per heavy atom. The van der Waals surface area contributed by atoms with E-state index in [1.165, 1.54) is 0 Å². The standard InChI is InChI=1S/C26H44N4O8/c1-5-9-17(15-29-19(7-3)25(27)35)13-23(33)37-21(31)11-12-22(32)38-24(34)14-18(10-6-2)16-30-20(8-4)26(28)36/h11-12,17-20,29-30H,5-10,13-16H2,1-4H3,(H2,27,35)(H2,28,36)/b12-11-/t17-,18-,19+,20+/m1/s1. The number of amides is 2. The molecule has 0 aliphatic rings. The lowest BCUT2D eigenvalue weighted by atomic mass is 9.99. The minimum absolute atomic E-state index is 0.0694. The van der Waals surface area contributed by atoms with Crippen molar-refractivity contribution in [3.05, 3.63) is 12.2 Å². The number of ether oxygens (including phenoxy) is 2. The highest BCUT2D eigenvalue weighted by Crippen LogP contribution is 2.13. The van der Waals surface area contributed by atoms with E-state index >= 15 is 0 Å². The summed E-state index contributed by atoms with van der Waals surface area (Å²) in [6.45, 7) is 8.19. The summed E-state index contributed by atoms with van der Waals surface area (Å²) in [4.78, 5) is 70.9. The lowest BCUT2D eigenvalue weighted by molar-refractivity contribution is -0.159. The monoisotopic (exact) mass is 540 g/mol. The van der Waals surface area contributed by atoms with Crippen LogP contribution in [0, 0.1) is 11.8 Å². The molecule has 0 spiro atoms. The van der Waals surface area contributed by atoms with Crippen molar-refractivity contribution in [2.45, 2.75) is 91.1 Å². The van der Waals surface area contributed by atoms with Gasteiger partial charge in [-0.05, 0) is 50.6 Å². The maximum atomic E-state index is 12.2. The molecule has 0 aliphatic heterocycles. The van der Waals surface area contributed by atoms with Crippen LogP contribution in [-0.4, -0.2) is 60.9 Å². The van der Waals surface area contributed by atoms with Gasteiger partial charge in [-0.2, -0.15) is 0 Å². The summed E-state index contributed by atoms with van der Waals surface area (Å²) in [5, 5.41) is 6.03. The van der Waals surface area contributed by atoms with Crippen LogP contribution in [0.2, 0.25) is 0 Å². The number of hydrogen-bond acceptors (Lipinski definition) is 10. The van der Waals surface area contributed by atoms with E-state index in [1.807, 2.05) is 27.7 Å². The topological polar surface area (TPSA) is 197 Å². The molecule has 0 bridgehead atoms. The van der Waals surface area contributed by atoms with E-state index in [-0.39, 0.29) is 24.7 Å². The van der Waals surface area contributed by atoms with Gasteiger partial charge < -0.3 is 31.6 Å². The Balaban J connectivity index is 4.70. The zero-order valence-corrected chi connectivity index (χ0v) is 23.0. The Hall–Kier alpha value is -3.12. The summed E-state index contributed by atoms with van der Waals surface area (Å²) in [6, 6.07) is -1.03. The van der Waals surface area contributed by atoms with Crippen molar-refractivity contribution in [2.75, 3.05) is 13.1 Å². The summed E-state index contributed by atoms with van der Waals surface area (Å²) in [6.07, 6.45) is 5.17. The molecule has 0 fully saturated rings. The number of nitrogens with two attached hydrogens (primary N) is 2. The first-order valence-electron chi connectivity index (χ1n) is 13.2. The predicted molar refractivity (Wildman–Crippen MR) is 140 cm³/mol. The summed E-state index contributed by atoms with van der Waals surface area (Å²) in [5.74, 6) is -5.04. The van der Waals surface area contributed by atoms with E-state index in [2.05, 4.69) is 10.6 Å². The normalized spacial score (nSPS) is 14.3. The quantitative estimate of drug-likeness (QED) is 0.0981. The van der Waals surface area contributed by atoms with Crippen molar-refractivity contribution in [1.82, 2.24) is 10.6 Å². The van der Waals surface area contributed by atoms with E-state index in [9.17, 15) is 28.8 Å². The Kier molecular flexibility index (Phi) is 18.3. The van der Waals surface area contributed by atoms with E-state index in [0.717, 1.165) is 12.8 Å². The van der Waals surface area contributed by atoms with Crippen LogP contribution in [0.3, 0.4) is 0 Å². The zero-order chi connectivity index (χ0) is 29.1. The lowest BCUT2D eigenvalue weighted by Crippen LogP contribution is -2.43. The molecule has 0 radical (unpaired) electrons. The second-order valence-electron chi connectivity index (χ2n) is 9.18. The van der Waals surface area contributed by atoms with Crippen molar-refractivity contribution < 1.29 is 38.2 Å². The number of carbonyl (C=O) groups excluding carboxylic acids is 6. The number of esters is 4. The smallest absolute Gasteiger partial charge is 0.338 e. The first-order valence-corrected chi connectivity index (χ1v) is 13.2. The number of carbonyl (C=O) groups is 6. The van der Waals surface area contributed by atoms with E-state index < -0.39 is 47.8 Å². The predicted octanol–water partition coefficient (Wildman–Crippen LogP) is 1.00. The molecule has 2 amide bonds. The summed E-state index contributed by atoms with van der Waals surface area (Å²) in [7, 11) is 0. The third-order valence-corrected chi connectivity index (χ3v) is 5.90. The molecule has 216 valence electrons. The fraction of sp³-hybridized carbons (Fsp3) is 0.692. The molecule has 4 atom stereocenters. The largest absolute Gasteiger partial charge is 0.390 e. The molecule has 0 aromatic rings. The molecular formula is C26H44N4O8. The molecule has 0 rings (SSSR count). The Morgan fingerprint density at radius 1 is 0.658 bits per heavy atom. The summed E-state index contributed by atoms with van der Waals surface area (Å²) < 4.78 is 9.44. The Labute approximate surface area is 224 Å². The second-order valence-corrected chi connectivity index (χ2v) is 9.18. The van der Waals surface area contributed by atoms with Crippen molar-refractivity contribution in [3.8, 4) is 0 Å². The number of nitrogens with one attached hydrogen (secondary N) is 2. The van der Waals surface area contributed by atoms with Gasteiger partial charge in [0.05, 0.1) is 24.9 Å². The highest BCUT2D eigenvalue weighted by atomic mass is 16.6. The summed E-state index contributed by atoms with van der Waals surface area (Å²) >= 11 is 0. The van der Waals surface area contributed by atoms with Crippen molar-refractivity contribution in [2.24, 2.45) is 23.3 Å². The van der Waals surface area contributed by atoms with Gasteiger partial charge in [0.15, 0.2) is 0 Å². The van der Waals surface area contributed by atoms with Gasteiger partial charge in [0, 0.05) is 12.2 Å². The van der Waals surface area contributed by atoms with E-state index in [1.54, 1.807) is 0 Å². The van der Waals surface area contributed by atoms with Gasteiger partial charge in [0.25, 0.3) is 0 Å². The van der Waals surface area contributed by atoms with Gasteiger partial charge in [-0.15, -0.1) is 0 Å². The Bertz CT molecular complexity index is 764. The average Bonchev–Trinajstić information content (AvgIpc) is 2.83. The molecule has 12 heteroatoms. The minimum atomic E-state index is -1.07. The molecule has 0 saturated heterocycles. The van der Waals surface area contributed by atoms with E-state index in [4.69, 9.17) is 20.9 Å². The van der Waals surface area contributed by atoms with Crippen LogP contribution < -0.4 is 22.1 Å². The number of hydrogen-bond donors (Lipinski definition) is 4. The van der Waals surface area contributed by atoms with Gasteiger partial charge in [0.1, 0.15) is 0 Å². The van der Waals surface area contributed by atoms with Crippen LogP contribution in [0.25, 0.3) is 0 Å². The van der Waals surface area contributed by atoms with Crippen molar-refractivity contribution in [1.29, 1.82) is 0 Å². The fourth-order valence-electron chi connectivity index (χ4n) is 3.86. The van der Waals surface area contributed by atoms with Gasteiger partial charge in [-0.1, -0.05) is 40.5 Å².